The van der Waals surface area contributed by atoms with Crippen molar-refractivity contribution in [2.75, 3.05) is 0 Å². The van der Waals surface area contributed by atoms with E-state index < -0.39 is 0 Å². The van der Waals surface area contributed by atoms with Gasteiger partial charge in [0.2, 0.25) is 0 Å². The van der Waals surface area contributed by atoms with Gasteiger partial charge in [-0.1, -0.05) is 17.7 Å². The van der Waals surface area contributed by atoms with Crippen LogP contribution >= 0.6 is 0 Å². The third-order valence-electron chi connectivity index (χ3n) is 2.28. The summed E-state index contributed by atoms with van der Waals surface area (Å²) in [5.74, 6) is 0.239. The van der Waals surface area contributed by atoms with Crippen LogP contribution in [0.25, 0.3) is 0 Å². The van der Waals surface area contributed by atoms with E-state index in [0.717, 1.165) is 17.6 Å². The fourth-order valence-corrected chi connectivity index (χ4v) is 1.68. The molecule has 0 heterocycles. The van der Waals surface area contributed by atoms with E-state index in [1.807, 2.05) is 0 Å². The quantitative estimate of drug-likeness (QED) is 0.558. The molecule has 1 unspecified atom stereocenters. The van der Waals surface area contributed by atoms with Crippen LogP contribution in [0.1, 0.15) is 19.3 Å². The fourth-order valence-electron chi connectivity index (χ4n) is 1.68. The van der Waals surface area contributed by atoms with Crippen molar-refractivity contribution in [3.63, 3.8) is 0 Å². The topological polar surface area (TPSA) is 37.3 Å². The molecule has 0 fully saturated rings. The van der Waals surface area contributed by atoms with Crippen LogP contribution in [0.5, 0.6) is 0 Å². The third kappa shape index (κ3) is 1.03. The Morgan fingerprint density at radius 2 is 2.27 bits per heavy atom. The van der Waals surface area contributed by atoms with Crippen molar-refractivity contribution in [3.8, 4) is 0 Å². The monoisotopic (exact) mass is 150 g/mol. The average Bonchev–Trinajstić information content (AvgIpc) is 2.32. The van der Waals surface area contributed by atoms with Crippen LogP contribution in [0.4, 0.5) is 0 Å². The van der Waals surface area contributed by atoms with Gasteiger partial charge in [-0.2, -0.15) is 0 Å². The Kier molecular flexibility index (Phi) is 1.43. The van der Waals surface area contributed by atoms with Crippen LogP contribution in [-0.2, 0) is 4.79 Å². The van der Waals surface area contributed by atoms with E-state index in [9.17, 15) is 9.90 Å². The molecule has 58 valence electrons. The van der Waals surface area contributed by atoms with Gasteiger partial charge in [-0.05, 0) is 12.8 Å². The van der Waals surface area contributed by atoms with Crippen molar-refractivity contribution < 1.29 is 9.90 Å². The number of Topliss-reactive ketones (excluding diaryl/α,β-unsaturated/α-hetero) is 1. The zero-order valence-electron chi connectivity index (χ0n) is 6.21. The van der Waals surface area contributed by atoms with Crippen LogP contribution in [0.15, 0.2) is 23.3 Å². The summed E-state index contributed by atoms with van der Waals surface area (Å²) in [4.78, 5) is 11.1. The van der Waals surface area contributed by atoms with Crippen LogP contribution in [0, 0.1) is 0 Å². The Morgan fingerprint density at radius 1 is 1.45 bits per heavy atom. The molecule has 11 heavy (non-hydrogen) atoms. The summed E-state index contributed by atoms with van der Waals surface area (Å²) in [7, 11) is 0. The zero-order valence-corrected chi connectivity index (χ0v) is 6.21. The molecule has 2 aliphatic carbocycles. The number of aliphatic hydroxyl groups excluding tert-OH is 1. The first-order valence-corrected chi connectivity index (χ1v) is 3.89. The maximum Gasteiger partial charge on any atom is 0.163 e. The van der Waals surface area contributed by atoms with Gasteiger partial charge >= 0.3 is 0 Å². The highest BCUT2D eigenvalue weighted by molar-refractivity contribution is 6.01. The summed E-state index contributed by atoms with van der Waals surface area (Å²) < 4.78 is 0. The molecule has 2 heteroatoms. The van der Waals surface area contributed by atoms with Gasteiger partial charge in [-0.15, -0.1) is 0 Å². The molecule has 1 N–H and O–H groups in total. The first-order valence-electron chi connectivity index (χ1n) is 3.89. The number of hydrogen-bond acceptors (Lipinski definition) is 2. The second-order valence-electron chi connectivity index (χ2n) is 3.07. The summed E-state index contributed by atoms with van der Waals surface area (Å²) in [6, 6.07) is 0. The molecule has 2 nitrogen and oxygen atoms in total. The van der Waals surface area contributed by atoms with Crippen LogP contribution in [0.2, 0.25) is 0 Å². The Labute approximate surface area is 65.2 Å². The number of ketones is 1. The predicted octanol–water partition coefficient (Wildman–Crippen LogP) is 0.967. The Hall–Kier alpha value is -0.890. The lowest BCUT2D eigenvalue weighted by molar-refractivity contribution is -0.114. The average molecular weight is 150 g/mol. The van der Waals surface area contributed by atoms with Crippen LogP contribution in [-0.4, -0.2) is 17.0 Å². The fraction of sp³-hybridized carbons (Fsp3) is 0.444. The summed E-state index contributed by atoms with van der Waals surface area (Å²) in [6.45, 7) is 0. The van der Waals surface area contributed by atoms with Gasteiger partial charge < -0.3 is 5.11 Å². The minimum atomic E-state index is -0.361. The maximum absolute atomic E-state index is 11.1. The van der Waals surface area contributed by atoms with E-state index in [1.54, 1.807) is 12.2 Å². The smallest absolute Gasteiger partial charge is 0.163 e. The molecule has 0 saturated carbocycles. The van der Waals surface area contributed by atoms with E-state index in [0.29, 0.717) is 12.8 Å². The first kappa shape index (κ1) is 6.80. The van der Waals surface area contributed by atoms with Gasteiger partial charge in [0.25, 0.3) is 0 Å². The first-order chi connectivity index (χ1) is 5.27. The van der Waals surface area contributed by atoms with Gasteiger partial charge in [0.05, 0.1) is 6.10 Å². The SMILES string of the molecule is O=C1CCC2=C1C=CC(O)C2. The van der Waals surface area contributed by atoms with Crippen LogP contribution < -0.4 is 0 Å². The zero-order chi connectivity index (χ0) is 7.84. The number of carbonyl (C=O) groups excluding carboxylic acids is 1. The van der Waals surface area contributed by atoms with Gasteiger partial charge in [-0.25, -0.2) is 0 Å². The van der Waals surface area contributed by atoms with Gasteiger partial charge in [0.15, 0.2) is 5.78 Å². The molecule has 2 rings (SSSR count). The van der Waals surface area contributed by atoms with Gasteiger partial charge in [-0.3, -0.25) is 4.79 Å². The molecule has 0 aromatic heterocycles. The van der Waals surface area contributed by atoms with E-state index in [4.69, 9.17) is 0 Å². The lowest BCUT2D eigenvalue weighted by atomic mass is 9.98. The molecule has 0 aromatic rings. The minimum Gasteiger partial charge on any atom is -0.389 e. The number of rotatable bonds is 0. The van der Waals surface area contributed by atoms with Crippen LogP contribution in [0.3, 0.4) is 0 Å². The molecular formula is C9H10O2. The molecule has 0 saturated heterocycles. The molecule has 0 amide bonds. The van der Waals surface area contributed by atoms with Crippen molar-refractivity contribution in [1.29, 1.82) is 0 Å². The van der Waals surface area contributed by atoms with Gasteiger partial charge in [0, 0.05) is 12.0 Å². The van der Waals surface area contributed by atoms with E-state index in [2.05, 4.69) is 0 Å². The Morgan fingerprint density at radius 3 is 3.09 bits per heavy atom. The third-order valence-corrected chi connectivity index (χ3v) is 2.28. The summed E-state index contributed by atoms with van der Waals surface area (Å²) in [5.41, 5.74) is 2.00. The lowest BCUT2D eigenvalue weighted by Gasteiger charge is -2.11. The van der Waals surface area contributed by atoms with E-state index >= 15 is 0 Å². The summed E-state index contributed by atoms with van der Waals surface area (Å²) in [6.07, 6.45) is 5.26. The number of hydrogen-bond donors (Lipinski definition) is 1. The highest BCUT2D eigenvalue weighted by Gasteiger charge is 2.24. The predicted molar refractivity (Wildman–Crippen MR) is 41.0 cm³/mol. The number of allylic oxidation sites excluding steroid dienone is 2. The molecule has 2 aliphatic rings. The van der Waals surface area contributed by atoms with Gasteiger partial charge in [0.1, 0.15) is 0 Å². The van der Waals surface area contributed by atoms with Crippen molar-refractivity contribution in [1.82, 2.24) is 0 Å². The highest BCUT2D eigenvalue weighted by Crippen LogP contribution is 2.30. The molecule has 0 radical (unpaired) electrons. The summed E-state index contributed by atoms with van der Waals surface area (Å²) in [5, 5.41) is 9.21. The second-order valence-corrected chi connectivity index (χ2v) is 3.07. The van der Waals surface area contributed by atoms with Crippen molar-refractivity contribution in [3.05, 3.63) is 23.3 Å². The van der Waals surface area contributed by atoms with Crippen molar-refractivity contribution >= 4 is 5.78 Å². The normalized spacial score (nSPS) is 29.5. The minimum absolute atomic E-state index is 0.239. The number of carbonyl (C=O) groups is 1. The number of aliphatic hydroxyl groups is 1. The van der Waals surface area contributed by atoms with Crippen molar-refractivity contribution in [2.45, 2.75) is 25.4 Å². The molecule has 0 aromatic carbocycles. The maximum atomic E-state index is 11.1. The summed E-state index contributed by atoms with van der Waals surface area (Å²) >= 11 is 0. The molecule has 0 bridgehead atoms. The molecule has 0 aliphatic heterocycles. The largest absolute Gasteiger partial charge is 0.389 e. The second kappa shape index (κ2) is 2.31. The molecule has 0 spiro atoms. The Balaban J connectivity index is 2.32. The van der Waals surface area contributed by atoms with E-state index in [1.165, 1.54) is 0 Å². The lowest BCUT2D eigenvalue weighted by Crippen LogP contribution is -2.08. The molecular weight excluding hydrogens is 140 g/mol. The van der Waals surface area contributed by atoms with E-state index in [-0.39, 0.29) is 11.9 Å². The Bertz CT molecular complexity index is 261. The molecule has 1 atom stereocenters. The highest BCUT2D eigenvalue weighted by atomic mass is 16.3. The standard InChI is InChI=1S/C9H10O2/c10-7-2-3-8-6(5-7)1-4-9(8)11/h2-3,7,10H,1,4-5H2. The van der Waals surface area contributed by atoms with Crippen molar-refractivity contribution in [2.24, 2.45) is 0 Å².